The van der Waals surface area contributed by atoms with Crippen LogP contribution in [0.4, 0.5) is 24.8 Å². The van der Waals surface area contributed by atoms with E-state index in [4.69, 9.17) is 5.73 Å². The van der Waals surface area contributed by atoms with Gasteiger partial charge in [-0.2, -0.15) is 5.10 Å². The molecule has 1 amide bonds. The molecule has 36 heavy (non-hydrogen) atoms. The first-order valence-electron chi connectivity index (χ1n) is 11.7. The molecule has 12 heteroatoms. The predicted octanol–water partition coefficient (Wildman–Crippen LogP) is 3.53. The van der Waals surface area contributed by atoms with Crippen molar-refractivity contribution >= 4 is 17.5 Å². The van der Waals surface area contributed by atoms with Gasteiger partial charge in [0.1, 0.15) is 0 Å². The van der Waals surface area contributed by atoms with Crippen molar-refractivity contribution in [3.8, 4) is 17.1 Å². The maximum absolute atomic E-state index is 13.1. The zero-order chi connectivity index (χ0) is 25.6. The first-order chi connectivity index (χ1) is 17.1. The highest BCUT2D eigenvalue weighted by atomic mass is 19.4. The number of hydrogen-bond acceptors (Lipinski definition) is 7. The Morgan fingerprint density at radius 1 is 1.19 bits per heavy atom. The number of aromatic nitrogens is 4. The fourth-order valence-electron chi connectivity index (χ4n) is 4.99. The lowest BCUT2D eigenvalue weighted by atomic mass is 9.89. The van der Waals surface area contributed by atoms with E-state index in [1.165, 1.54) is 6.07 Å². The van der Waals surface area contributed by atoms with Crippen LogP contribution in [0.3, 0.4) is 0 Å². The lowest BCUT2D eigenvalue weighted by Gasteiger charge is -2.29. The zero-order valence-electron chi connectivity index (χ0n) is 19.9. The van der Waals surface area contributed by atoms with Crippen LogP contribution in [0.1, 0.15) is 45.9 Å². The second-order valence-electron chi connectivity index (χ2n) is 9.24. The Hall–Kier alpha value is -3.67. The van der Waals surface area contributed by atoms with Crippen LogP contribution in [0.2, 0.25) is 0 Å². The molecule has 1 aliphatic carbocycles. The van der Waals surface area contributed by atoms with Crippen LogP contribution in [0.25, 0.3) is 11.4 Å². The monoisotopic (exact) mass is 501 g/mol. The number of ether oxygens (including phenoxy) is 1. The van der Waals surface area contributed by atoms with Crippen LogP contribution in [0.15, 0.2) is 24.4 Å². The largest absolute Gasteiger partial charge is 0.573 e. The number of piperidine rings is 1. The number of primary amides is 1. The summed E-state index contributed by atoms with van der Waals surface area (Å²) in [7, 11) is 3.74. The third-order valence-corrected chi connectivity index (χ3v) is 6.78. The molecule has 0 spiro atoms. The molecule has 3 heterocycles. The summed E-state index contributed by atoms with van der Waals surface area (Å²) in [6, 6.07) is 4.70. The number of nitrogens with one attached hydrogen (secondary N) is 1. The van der Waals surface area contributed by atoms with Crippen molar-refractivity contribution in [3.63, 3.8) is 0 Å². The van der Waals surface area contributed by atoms with Gasteiger partial charge in [0, 0.05) is 18.8 Å². The second-order valence-corrected chi connectivity index (χ2v) is 9.24. The summed E-state index contributed by atoms with van der Waals surface area (Å²) in [5.41, 5.74) is 9.48. The van der Waals surface area contributed by atoms with Gasteiger partial charge in [-0.05, 0) is 75.0 Å². The number of likely N-dealkylation sites (tertiary alicyclic amines) is 1. The van der Waals surface area contributed by atoms with Crippen molar-refractivity contribution in [2.45, 2.75) is 38.0 Å². The molecule has 0 atom stereocenters. The van der Waals surface area contributed by atoms with Crippen LogP contribution >= 0.6 is 0 Å². The summed E-state index contributed by atoms with van der Waals surface area (Å²) in [4.78, 5) is 23.0. The van der Waals surface area contributed by atoms with Gasteiger partial charge in [0.15, 0.2) is 11.4 Å². The van der Waals surface area contributed by atoms with Crippen LogP contribution in [-0.4, -0.2) is 57.1 Å². The van der Waals surface area contributed by atoms with Crippen LogP contribution in [0, 0.1) is 0 Å². The molecule has 190 valence electrons. The van der Waals surface area contributed by atoms with Crippen molar-refractivity contribution in [2.75, 3.05) is 25.5 Å². The topological polar surface area (TPSA) is 111 Å². The molecule has 0 unspecified atom stereocenters. The Labute approximate surface area is 205 Å². The third-order valence-electron chi connectivity index (χ3n) is 6.78. The van der Waals surface area contributed by atoms with E-state index in [1.54, 1.807) is 30.1 Å². The summed E-state index contributed by atoms with van der Waals surface area (Å²) < 4.78 is 45.2. The fraction of sp³-hybridized carbons (Fsp3) is 0.417. The second kappa shape index (κ2) is 9.08. The molecule has 2 aromatic heterocycles. The average molecular weight is 502 g/mol. The summed E-state index contributed by atoms with van der Waals surface area (Å²) >= 11 is 0. The van der Waals surface area contributed by atoms with Gasteiger partial charge in [0.25, 0.3) is 5.91 Å². The van der Waals surface area contributed by atoms with Crippen LogP contribution < -0.4 is 15.8 Å². The van der Waals surface area contributed by atoms with Crippen LogP contribution in [0.5, 0.6) is 5.75 Å². The van der Waals surface area contributed by atoms with Gasteiger partial charge < -0.3 is 20.7 Å². The Morgan fingerprint density at radius 3 is 2.64 bits per heavy atom. The van der Waals surface area contributed by atoms with E-state index < -0.39 is 12.3 Å². The van der Waals surface area contributed by atoms with Crippen LogP contribution in [-0.2, 0) is 19.9 Å². The summed E-state index contributed by atoms with van der Waals surface area (Å²) in [5, 5.41) is 7.17. The van der Waals surface area contributed by atoms with Crippen molar-refractivity contribution < 1.29 is 22.7 Å². The summed E-state index contributed by atoms with van der Waals surface area (Å²) in [6.07, 6.45) is -0.242. The van der Waals surface area contributed by atoms with E-state index in [0.29, 0.717) is 29.8 Å². The number of carbonyl (C=O) groups excluding carboxylic acids is 1. The van der Waals surface area contributed by atoms with Crippen molar-refractivity contribution in [1.82, 2.24) is 24.6 Å². The van der Waals surface area contributed by atoms with E-state index >= 15 is 0 Å². The van der Waals surface area contributed by atoms with Gasteiger partial charge >= 0.3 is 6.36 Å². The summed E-state index contributed by atoms with van der Waals surface area (Å²) in [6.45, 7) is 1.84. The highest BCUT2D eigenvalue weighted by Crippen LogP contribution is 2.38. The number of aryl methyl sites for hydroxylation is 2. The average Bonchev–Trinajstić information content (AvgIpc) is 3.17. The van der Waals surface area contributed by atoms with Crippen molar-refractivity contribution in [3.05, 3.63) is 46.8 Å². The van der Waals surface area contributed by atoms with Gasteiger partial charge in [-0.3, -0.25) is 9.48 Å². The number of benzene rings is 1. The van der Waals surface area contributed by atoms with E-state index in [1.807, 2.05) is 0 Å². The van der Waals surface area contributed by atoms with E-state index in [0.717, 1.165) is 37.1 Å². The minimum atomic E-state index is -4.85. The summed E-state index contributed by atoms with van der Waals surface area (Å²) in [5.74, 6) is -0.647. The zero-order valence-corrected chi connectivity index (χ0v) is 19.9. The fourth-order valence-corrected chi connectivity index (χ4v) is 4.99. The number of anilines is 2. The minimum absolute atomic E-state index is 0.107. The molecule has 0 bridgehead atoms. The highest BCUT2D eigenvalue weighted by Gasteiger charge is 2.33. The standard InChI is InChI=1S/C24H26F3N7O2/c1-33-9-7-13(8-10-33)14-4-6-18(36-24(25,26)27)17(11-14)30-23-29-12-15-3-5-16-20(22(28)35)32-34(2)21(16)19(15)31-23/h4,6,11-13H,3,5,7-10H2,1-2H3,(H2,28,35)(H,29,30,31). The normalized spacial score (nSPS) is 16.4. The number of fused-ring (bicyclic) bond motifs is 3. The van der Waals surface area contributed by atoms with Crippen molar-refractivity contribution in [1.29, 1.82) is 0 Å². The third kappa shape index (κ3) is 4.72. The molecule has 3 N–H and O–H groups in total. The Balaban J connectivity index is 1.51. The molecule has 3 aromatic rings. The lowest BCUT2D eigenvalue weighted by Crippen LogP contribution is -2.29. The first-order valence-corrected chi connectivity index (χ1v) is 11.7. The number of carbonyl (C=O) groups is 1. The molecule has 1 aromatic carbocycles. The Bertz CT molecular complexity index is 1310. The predicted molar refractivity (Wildman–Crippen MR) is 126 cm³/mol. The van der Waals surface area contributed by atoms with Gasteiger partial charge in [-0.25, -0.2) is 9.97 Å². The highest BCUT2D eigenvalue weighted by molar-refractivity contribution is 5.94. The van der Waals surface area contributed by atoms with Gasteiger partial charge in [0.2, 0.25) is 5.95 Å². The number of nitrogens with two attached hydrogens (primary N) is 1. The molecule has 0 saturated carbocycles. The number of nitrogens with zero attached hydrogens (tertiary/aromatic N) is 5. The molecule has 0 radical (unpaired) electrons. The molecule has 2 aliphatic rings. The van der Waals surface area contributed by atoms with E-state index in [-0.39, 0.29) is 29.0 Å². The molecular formula is C24H26F3N7O2. The maximum atomic E-state index is 13.1. The van der Waals surface area contributed by atoms with E-state index in [2.05, 4.69) is 37.1 Å². The molecule has 9 nitrogen and oxygen atoms in total. The Morgan fingerprint density at radius 2 is 1.94 bits per heavy atom. The van der Waals surface area contributed by atoms with Gasteiger partial charge in [-0.15, -0.1) is 13.2 Å². The number of alkyl halides is 3. The smallest absolute Gasteiger partial charge is 0.404 e. The number of hydrogen-bond donors (Lipinski definition) is 2. The number of amides is 1. The molecule has 5 rings (SSSR count). The molecule has 1 saturated heterocycles. The van der Waals surface area contributed by atoms with Crippen molar-refractivity contribution in [2.24, 2.45) is 12.8 Å². The quantitative estimate of drug-likeness (QED) is 0.550. The SMILES string of the molecule is CN1CCC(c2ccc(OC(F)(F)F)c(Nc3ncc4c(n3)-c3c(c(C(N)=O)nn3C)CC4)c2)CC1. The number of rotatable bonds is 5. The number of halogens is 3. The first kappa shape index (κ1) is 24.0. The van der Waals surface area contributed by atoms with Gasteiger partial charge in [-0.1, -0.05) is 6.07 Å². The Kier molecular flexibility index (Phi) is 6.07. The molecule has 1 fully saturated rings. The molecular weight excluding hydrogens is 475 g/mol. The maximum Gasteiger partial charge on any atom is 0.573 e. The molecule has 1 aliphatic heterocycles. The van der Waals surface area contributed by atoms with E-state index in [9.17, 15) is 18.0 Å². The minimum Gasteiger partial charge on any atom is -0.404 e. The lowest BCUT2D eigenvalue weighted by molar-refractivity contribution is -0.274. The van der Waals surface area contributed by atoms with Gasteiger partial charge in [0.05, 0.1) is 17.1 Å².